The Balaban J connectivity index is 1.34. The summed E-state index contributed by atoms with van der Waals surface area (Å²) in [5, 5.41) is 10.0. The molecular weight excluding hydrogens is 390 g/mol. The van der Waals surface area contributed by atoms with Gasteiger partial charge >= 0.3 is 0 Å². The third kappa shape index (κ3) is 4.07. The van der Waals surface area contributed by atoms with Crippen LogP contribution in [-0.4, -0.2) is 31.9 Å². The molecule has 6 heteroatoms. The molecule has 31 heavy (non-hydrogen) atoms. The van der Waals surface area contributed by atoms with E-state index in [2.05, 4.69) is 15.0 Å². The number of pyridine rings is 1. The van der Waals surface area contributed by atoms with Gasteiger partial charge in [0.15, 0.2) is 5.82 Å². The van der Waals surface area contributed by atoms with Gasteiger partial charge in [-0.3, -0.25) is 4.79 Å². The summed E-state index contributed by atoms with van der Waals surface area (Å²) in [5.41, 5.74) is 3.15. The lowest BCUT2D eigenvalue weighted by Gasteiger charge is -2.27. The number of hydrogen-bond acceptors (Lipinski definition) is 5. The average Bonchev–Trinajstić information content (AvgIpc) is 3.24. The van der Waals surface area contributed by atoms with E-state index in [4.69, 9.17) is 4.74 Å². The molecule has 156 valence electrons. The van der Waals surface area contributed by atoms with Gasteiger partial charge in [-0.05, 0) is 67.6 Å². The summed E-state index contributed by atoms with van der Waals surface area (Å²) in [6.07, 6.45) is 5.04. The number of hydrogen-bond donors (Lipinski definition) is 2. The van der Waals surface area contributed by atoms with Crippen molar-refractivity contribution >= 4 is 16.8 Å². The fraction of sp³-hybridized carbons (Fsp3) is 0.240. The summed E-state index contributed by atoms with van der Waals surface area (Å²) in [6, 6.07) is 18.5. The minimum Gasteiger partial charge on any atom is -0.439 e. The predicted molar refractivity (Wildman–Crippen MR) is 117 cm³/mol. The van der Waals surface area contributed by atoms with Gasteiger partial charge in [-0.2, -0.15) is 0 Å². The smallest absolute Gasteiger partial charge is 0.228 e. The number of carbonyl (C=O) groups excluding carboxylic acids is 1. The number of H-pyrrole nitrogens is 1. The van der Waals surface area contributed by atoms with E-state index >= 15 is 0 Å². The fourth-order valence-corrected chi connectivity index (χ4v) is 4.23. The molecule has 0 radical (unpaired) electrons. The van der Waals surface area contributed by atoms with Crippen molar-refractivity contribution in [2.24, 2.45) is 0 Å². The maximum atomic E-state index is 12.8. The molecular formula is C25H23N3O3. The van der Waals surface area contributed by atoms with E-state index in [1.807, 2.05) is 36.4 Å². The quantitative estimate of drug-likeness (QED) is 0.450. The van der Waals surface area contributed by atoms with Gasteiger partial charge in [0.1, 0.15) is 5.75 Å². The van der Waals surface area contributed by atoms with Crippen LogP contribution in [0.4, 0.5) is 0 Å². The van der Waals surface area contributed by atoms with Gasteiger partial charge in [-0.1, -0.05) is 24.6 Å². The van der Waals surface area contributed by atoms with Crippen molar-refractivity contribution in [1.82, 2.24) is 15.0 Å². The molecule has 0 saturated heterocycles. The second-order valence-corrected chi connectivity index (χ2v) is 7.97. The highest BCUT2D eigenvalue weighted by Gasteiger charge is 2.25. The van der Waals surface area contributed by atoms with Crippen LogP contribution in [-0.2, 0) is 0 Å². The van der Waals surface area contributed by atoms with E-state index < -0.39 is 0 Å². The van der Waals surface area contributed by atoms with Crippen molar-refractivity contribution in [3.05, 3.63) is 83.8 Å². The number of aromatic amines is 1. The number of aromatic nitrogens is 3. The number of ether oxygens (including phenoxy) is 1. The van der Waals surface area contributed by atoms with Crippen LogP contribution in [0, 0.1) is 0 Å². The molecule has 4 aromatic rings. The highest BCUT2D eigenvalue weighted by Crippen LogP contribution is 2.38. The van der Waals surface area contributed by atoms with Gasteiger partial charge in [0.2, 0.25) is 11.7 Å². The molecule has 6 nitrogen and oxygen atoms in total. The van der Waals surface area contributed by atoms with Gasteiger partial charge < -0.3 is 14.8 Å². The molecule has 0 spiro atoms. The van der Waals surface area contributed by atoms with Gasteiger partial charge in [0, 0.05) is 17.3 Å². The summed E-state index contributed by atoms with van der Waals surface area (Å²) in [7, 11) is 0. The fourth-order valence-electron chi connectivity index (χ4n) is 4.23. The molecule has 2 N–H and O–H groups in total. The van der Waals surface area contributed by atoms with E-state index in [0.29, 0.717) is 23.0 Å². The maximum Gasteiger partial charge on any atom is 0.228 e. The Hall–Kier alpha value is -3.51. The van der Waals surface area contributed by atoms with Crippen molar-refractivity contribution < 1.29 is 14.6 Å². The number of para-hydroxylation sites is 2. The zero-order chi connectivity index (χ0) is 21.2. The summed E-state index contributed by atoms with van der Waals surface area (Å²) in [4.78, 5) is 24.7. The second-order valence-electron chi connectivity index (χ2n) is 7.97. The van der Waals surface area contributed by atoms with E-state index in [1.54, 1.807) is 30.5 Å². The summed E-state index contributed by atoms with van der Waals surface area (Å²) in [6.45, 7) is 0. The Morgan fingerprint density at radius 2 is 1.87 bits per heavy atom. The monoisotopic (exact) mass is 413 g/mol. The Morgan fingerprint density at radius 1 is 1.03 bits per heavy atom. The number of nitrogens with zero attached hydrogens (tertiary/aromatic N) is 2. The first kappa shape index (κ1) is 19.5. The normalized spacial score (nSPS) is 18.7. The number of aliphatic hydroxyl groups excluding tert-OH is 1. The number of ketones is 1. The molecule has 2 aromatic carbocycles. The molecule has 0 bridgehead atoms. The summed E-state index contributed by atoms with van der Waals surface area (Å²) < 4.78 is 6.06. The van der Waals surface area contributed by atoms with E-state index in [9.17, 15) is 9.90 Å². The van der Waals surface area contributed by atoms with E-state index in [0.717, 1.165) is 42.3 Å². The number of rotatable bonds is 5. The number of carbonyl (C=O) groups is 1. The SMILES string of the molecule is O=C(c1ccc(Oc2ncccc2[C@@H]2CCCC(O)C2)cc1)c1nc2ccccc2[nH]1. The molecule has 0 aliphatic heterocycles. The first-order valence-electron chi connectivity index (χ1n) is 10.6. The van der Waals surface area contributed by atoms with Gasteiger partial charge in [0.25, 0.3) is 0 Å². The van der Waals surface area contributed by atoms with Crippen molar-refractivity contribution in [2.75, 3.05) is 0 Å². The molecule has 5 rings (SSSR count). The Morgan fingerprint density at radius 3 is 2.68 bits per heavy atom. The first-order valence-corrected chi connectivity index (χ1v) is 10.6. The van der Waals surface area contributed by atoms with Crippen LogP contribution in [0.2, 0.25) is 0 Å². The number of fused-ring (bicyclic) bond motifs is 1. The van der Waals surface area contributed by atoms with Crippen LogP contribution in [0.5, 0.6) is 11.6 Å². The van der Waals surface area contributed by atoms with E-state index in [1.165, 1.54) is 0 Å². The third-order valence-corrected chi connectivity index (χ3v) is 5.82. The Bertz CT molecular complexity index is 1180. The molecule has 1 fully saturated rings. The molecule has 2 atom stereocenters. The molecule has 0 amide bonds. The molecule has 1 aliphatic carbocycles. The minimum absolute atomic E-state index is 0.169. The summed E-state index contributed by atoms with van der Waals surface area (Å²) in [5.74, 6) is 1.55. The van der Waals surface area contributed by atoms with Crippen LogP contribution in [0.25, 0.3) is 11.0 Å². The van der Waals surface area contributed by atoms with Crippen LogP contribution in [0.15, 0.2) is 66.9 Å². The lowest BCUT2D eigenvalue weighted by molar-refractivity contribution is 0.103. The van der Waals surface area contributed by atoms with Crippen LogP contribution in [0.3, 0.4) is 0 Å². The van der Waals surface area contributed by atoms with Crippen LogP contribution >= 0.6 is 0 Å². The Kier molecular flexibility index (Phi) is 5.22. The van der Waals surface area contributed by atoms with Gasteiger partial charge in [-0.25, -0.2) is 9.97 Å². The third-order valence-electron chi connectivity index (χ3n) is 5.82. The van der Waals surface area contributed by atoms with E-state index in [-0.39, 0.29) is 17.8 Å². The number of benzene rings is 2. The number of nitrogens with one attached hydrogen (secondary N) is 1. The predicted octanol–water partition coefficient (Wildman–Crippen LogP) is 5.00. The lowest BCUT2D eigenvalue weighted by atomic mass is 9.83. The van der Waals surface area contributed by atoms with Crippen molar-refractivity contribution in [3.8, 4) is 11.6 Å². The largest absolute Gasteiger partial charge is 0.439 e. The summed E-state index contributed by atoms with van der Waals surface area (Å²) >= 11 is 0. The Labute approximate surface area is 179 Å². The molecule has 1 saturated carbocycles. The zero-order valence-electron chi connectivity index (χ0n) is 17.0. The molecule has 2 aromatic heterocycles. The second kappa shape index (κ2) is 8.32. The number of aliphatic hydroxyl groups is 1. The maximum absolute atomic E-state index is 12.8. The van der Waals surface area contributed by atoms with Crippen LogP contribution in [0.1, 0.15) is 53.3 Å². The van der Waals surface area contributed by atoms with Gasteiger partial charge in [-0.15, -0.1) is 0 Å². The number of imidazole rings is 1. The van der Waals surface area contributed by atoms with Crippen LogP contribution < -0.4 is 4.74 Å². The van der Waals surface area contributed by atoms with Crippen molar-refractivity contribution in [3.63, 3.8) is 0 Å². The first-order chi connectivity index (χ1) is 15.2. The van der Waals surface area contributed by atoms with Crippen molar-refractivity contribution in [1.29, 1.82) is 0 Å². The highest BCUT2D eigenvalue weighted by atomic mass is 16.5. The molecule has 1 aliphatic rings. The topological polar surface area (TPSA) is 88.1 Å². The zero-order valence-corrected chi connectivity index (χ0v) is 17.0. The molecule has 2 heterocycles. The lowest BCUT2D eigenvalue weighted by Crippen LogP contribution is -2.18. The highest BCUT2D eigenvalue weighted by molar-refractivity contribution is 6.08. The average molecular weight is 413 g/mol. The van der Waals surface area contributed by atoms with Crippen molar-refractivity contribution in [2.45, 2.75) is 37.7 Å². The minimum atomic E-state index is -0.268. The molecule has 1 unspecified atom stereocenters. The van der Waals surface area contributed by atoms with Gasteiger partial charge in [0.05, 0.1) is 17.1 Å². The standard InChI is InChI=1S/C25H23N3O3/c29-18-6-3-5-17(15-18)20-7-4-14-26-25(20)31-19-12-10-16(11-13-19)23(30)24-27-21-8-1-2-9-22(21)28-24/h1-2,4,7-14,17-18,29H,3,5-6,15H2,(H,27,28)/t17-,18?/m1/s1.